The van der Waals surface area contributed by atoms with Gasteiger partial charge in [-0.25, -0.2) is 8.42 Å². The second-order valence-corrected chi connectivity index (χ2v) is 14.1. The van der Waals surface area contributed by atoms with Gasteiger partial charge in [0.1, 0.15) is 12.6 Å². The van der Waals surface area contributed by atoms with Crippen molar-refractivity contribution in [3.8, 4) is 0 Å². The number of amides is 2. The number of halogens is 2. The van der Waals surface area contributed by atoms with Crippen molar-refractivity contribution in [2.24, 2.45) is 0 Å². The van der Waals surface area contributed by atoms with E-state index < -0.39 is 28.5 Å². The summed E-state index contributed by atoms with van der Waals surface area (Å²) in [6.07, 6.45) is 5.02. The Kier molecular flexibility index (Phi) is 10.8. The van der Waals surface area contributed by atoms with Crippen LogP contribution in [-0.2, 0) is 26.2 Å². The minimum absolute atomic E-state index is 0.000687. The summed E-state index contributed by atoms with van der Waals surface area (Å²) in [5, 5.41) is 3.90. The quantitative estimate of drug-likeness (QED) is 0.258. The lowest BCUT2D eigenvalue weighted by Gasteiger charge is -2.34. The molecule has 4 rings (SSSR count). The third-order valence-corrected chi connectivity index (χ3v) is 10.4. The zero-order chi connectivity index (χ0) is 31.3. The summed E-state index contributed by atoms with van der Waals surface area (Å²) >= 11 is 12.6. The summed E-state index contributed by atoms with van der Waals surface area (Å²) in [4.78, 5) is 29.2. The third kappa shape index (κ3) is 8.11. The Labute approximate surface area is 265 Å². The number of nitrogens with one attached hydrogen (secondary N) is 1. The second-order valence-electron chi connectivity index (χ2n) is 11.4. The average Bonchev–Trinajstić information content (AvgIpc) is 2.97. The van der Waals surface area contributed by atoms with Crippen LogP contribution in [0.15, 0.2) is 65.6 Å². The van der Waals surface area contributed by atoms with Crippen molar-refractivity contribution >= 4 is 50.7 Å². The fourth-order valence-electron chi connectivity index (χ4n) is 5.32. The molecule has 0 spiro atoms. The molecule has 0 saturated heterocycles. The molecule has 43 heavy (non-hydrogen) atoms. The van der Waals surface area contributed by atoms with Gasteiger partial charge < -0.3 is 10.2 Å². The van der Waals surface area contributed by atoms with Gasteiger partial charge in [-0.15, -0.1) is 0 Å². The molecule has 2 amide bonds. The number of carbonyl (C=O) groups excluding carboxylic acids is 2. The predicted octanol–water partition coefficient (Wildman–Crippen LogP) is 6.98. The predicted molar refractivity (Wildman–Crippen MR) is 173 cm³/mol. The Morgan fingerprint density at radius 1 is 0.907 bits per heavy atom. The topological polar surface area (TPSA) is 86.8 Å². The first-order chi connectivity index (χ1) is 20.4. The van der Waals surface area contributed by atoms with Crippen LogP contribution < -0.4 is 9.62 Å². The SMILES string of the molecule is Cc1ccc(S(=O)(=O)N(CC(=O)N(Cc2ccc(Cl)cc2Cl)C(C)C(=O)NC2CCCCC2)c2cc(C)ccc2C)cc1. The summed E-state index contributed by atoms with van der Waals surface area (Å²) in [6.45, 7) is 6.71. The molecule has 1 saturated carbocycles. The van der Waals surface area contributed by atoms with E-state index in [-0.39, 0.29) is 23.4 Å². The second kappa shape index (κ2) is 14.1. The van der Waals surface area contributed by atoms with Gasteiger partial charge in [-0.05, 0) is 87.6 Å². The molecule has 0 aliphatic heterocycles. The van der Waals surface area contributed by atoms with Crippen LogP contribution in [0.5, 0.6) is 0 Å². The number of sulfonamides is 1. The molecule has 10 heteroatoms. The van der Waals surface area contributed by atoms with Gasteiger partial charge in [-0.1, -0.05) is 78.4 Å². The molecule has 1 N–H and O–H groups in total. The lowest BCUT2D eigenvalue weighted by molar-refractivity contribution is -0.139. The Balaban J connectivity index is 1.73. The Bertz CT molecular complexity index is 1570. The Morgan fingerprint density at radius 3 is 2.21 bits per heavy atom. The minimum atomic E-state index is -4.15. The number of nitrogens with zero attached hydrogens (tertiary/aromatic N) is 2. The first-order valence-electron chi connectivity index (χ1n) is 14.6. The van der Waals surface area contributed by atoms with E-state index >= 15 is 0 Å². The highest BCUT2D eigenvalue weighted by Gasteiger charge is 2.34. The molecule has 3 aromatic carbocycles. The van der Waals surface area contributed by atoms with Crippen LogP contribution in [0, 0.1) is 20.8 Å². The van der Waals surface area contributed by atoms with Gasteiger partial charge in [0.2, 0.25) is 11.8 Å². The first-order valence-corrected chi connectivity index (χ1v) is 16.8. The minimum Gasteiger partial charge on any atom is -0.352 e. The lowest BCUT2D eigenvalue weighted by Crippen LogP contribution is -2.53. The van der Waals surface area contributed by atoms with Crippen molar-refractivity contribution in [1.82, 2.24) is 10.2 Å². The van der Waals surface area contributed by atoms with Crippen molar-refractivity contribution < 1.29 is 18.0 Å². The summed E-state index contributed by atoms with van der Waals surface area (Å²) < 4.78 is 29.4. The van der Waals surface area contributed by atoms with Crippen LogP contribution in [0.1, 0.15) is 61.3 Å². The molecule has 1 unspecified atom stereocenters. The number of aryl methyl sites for hydroxylation is 3. The molecule has 0 bridgehead atoms. The van der Waals surface area contributed by atoms with Crippen molar-refractivity contribution in [2.45, 2.75) is 83.3 Å². The molecule has 1 aliphatic rings. The molecule has 0 aromatic heterocycles. The maximum atomic E-state index is 14.2. The first kappa shape index (κ1) is 32.8. The van der Waals surface area contributed by atoms with E-state index in [2.05, 4.69) is 5.32 Å². The van der Waals surface area contributed by atoms with Gasteiger partial charge in [-0.3, -0.25) is 13.9 Å². The van der Waals surface area contributed by atoms with E-state index in [4.69, 9.17) is 23.2 Å². The van der Waals surface area contributed by atoms with Crippen LogP contribution in [-0.4, -0.2) is 43.8 Å². The summed E-state index contributed by atoms with van der Waals surface area (Å²) in [5.74, 6) is -0.820. The highest BCUT2D eigenvalue weighted by atomic mass is 35.5. The number of benzene rings is 3. The highest BCUT2D eigenvalue weighted by molar-refractivity contribution is 7.92. The van der Waals surface area contributed by atoms with Crippen LogP contribution in [0.4, 0.5) is 5.69 Å². The molecule has 0 radical (unpaired) electrons. The van der Waals surface area contributed by atoms with Crippen LogP contribution in [0.25, 0.3) is 0 Å². The largest absolute Gasteiger partial charge is 0.352 e. The van der Waals surface area contributed by atoms with E-state index in [1.54, 1.807) is 55.5 Å². The summed E-state index contributed by atoms with van der Waals surface area (Å²) in [5.41, 5.74) is 3.46. The molecule has 230 valence electrons. The maximum Gasteiger partial charge on any atom is 0.264 e. The molecule has 1 atom stereocenters. The van der Waals surface area contributed by atoms with E-state index in [9.17, 15) is 18.0 Å². The third-order valence-electron chi connectivity index (χ3n) is 8.00. The Hall–Kier alpha value is -3.07. The number of carbonyl (C=O) groups is 2. The maximum absolute atomic E-state index is 14.2. The average molecular weight is 645 g/mol. The molecule has 1 aliphatic carbocycles. The molecular formula is C33H39Cl2N3O4S. The molecule has 1 fully saturated rings. The van der Waals surface area contributed by atoms with E-state index in [0.717, 1.165) is 47.5 Å². The number of anilines is 1. The van der Waals surface area contributed by atoms with Gasteiger partial charge in [0, 0.05) is 22.6 Å². The summed E-state index contributed by atoms with van der Waals surface area (Å²) in [6, 6.07) is 16.1. The van der Waals surface area contributed by atoms with Crippen LogP contribution >= 0.6 is 23.2 Å². The van der Waals surface area contributed by atoms with Gasteiger partial charge in [0.25, 0.3) is 10.0 Å². The van der Waals surface area contributed by atoms with E-state index in [1.165, 1.54) is 4.90 Å². The van der Waals surface area contributed by atoms with E-state index in [0.29, 0.717) is 26.9 Å². The smallest absolute Gasteiger partial charge is 0.264 e. The standard InChI is InChI=1S/C33H39Cl2N3O4S/c1-22-11-16-29(17-12-22)43(41,42)38(31-18-23(2)10-13-24(31)3)21-32(39)37(20-26-14-15-27(34)19-30(26)35)25(4)33(40)36-28-8-6-5-7-9-28/h10-19,25,28H,5-9,20-21H2,1-4H3,(H,36,40). The fourth-order valence-corrected chi connectivity index (χ4v) is 7.26. The van der Waals surface area contributed by atoms with Crippen molar-refractivity contribution in [1.29, 1.82) is 0 Å². The van der Waals surface area contributed by atoms with Crippen molar-refractivity contribution in [3.63, 3.8) is 0 Å². The normalized spacial score (nSPS) is 14.7. The molecule has 7 nitrogen and oxygen atoms in total. The zero-order valence-corrected chi connectivity index (χ0v) is 27.4. The van der Waals surface area contributed by atoms with Crippen molar-refractivity contribution in [2.75, 3.05) is 10.8 Å². The number of rotatable bonds is 10. The van der Waals surface area contributed by atoms with Crippen LogP contribution in [0.2, 0.25) is 10.0 Å². The zero-order valence-electron chi connectivity index (χ0n) is 25.1. The number of hydrogen-bond donors (Lipinski definition) is 1. The lowest BCUT2D eigenvalue weighted by atomic mass is 9.95. The summed E-state index contributed by atoms with van der Waals surface area (Å²) in [7, 11) is -4.15. The van der Waals surface area contributed by atoms with Gasteiger partial charge >= 0.3 is 0 Å². The highest BCUT2D eigenvalue weighted by Crippen LogP contribution is 2.29. The molecular weight excluding hydrogens is 605 g/mol. The fraction of sp³-hybridized carbons (Fsp3) is 0.394. The van der Waals surface area contributed by atoms with Crippen LogP contribution in [0.3, 0.4) is 0 Å². The van der Waals surface area contributed by atoms with Gasteiger partial charge in [0.15, 0.2) is 0 Å². The molecule has 3 aromatic rings. The molecule has 0 heterocycles. The van der Waals surface area contributed by atoms with Gasteiger partial charge in [-0.2, -0.15) is 0 Å². The Morgan fingerprint density at radius 2 is 1.56 bits per heavy atom. The van der Waals surface area contributed by atoms with E-state index in [1.807, 2.05) is 32.9 Å². The van der Waals surface area contributed by atoms with Gasteiger partial charge in [0.05, 0.1) is 10.6 Å². The number of hydrogen-bond acceptors (Lipinski definition) is 4. The monoisotopic (exact) mass is 643 g/mol. The van der Waals surface area contributed by atoms with Crippen molar-refractivity contribution in [3.05, 3.63) is 93.0 Å².